The van der Waals surface area contributed by atoms with E-state index in [9.17, 15) is 0 Å². The maximum atomic E-state index is 5.74. The Labute approximate surface area is 104 Å². The molecule has 0 spiro atoms. The Morgan fingerprint density at radius 3 is 2.78 bits per heavy atom. The number of pyridine rings is 1. The number of anilines is 1. The molecule has 0 aliphatic carbocycles. The van der Waals surface area contributed by atoms with E-state index in [4.69, 9.17) is 5.73 Å². The van der Waals surface area contributed by atoms with Gasteiger partial charge in [0.2, 0.25) is 0 Å². The molecule has 5 heteroatoms. The average molecular weight is 237 g/mol. The molecule has 0 saturated heterocycles. The molecule has 0 atom stereocenters. The van der Waals surface area contributed by atoms with Crippen LogP contribution in [-0.4, -0.2) is 20.2 Å². The van der Waals surface area contributed by atoms with Crippen LogP contribution >= 0.6 is 0 Å². The number of hydrogen-bond acceptors (Lipinski definition) is 4. The first-order valence-electron chi connectivity index (χ1n) is 5.52. The van der Waals surface area contributed by atoms with Crippen molar-refractivity contribution in [1.29, 1.82) is 0 Å². The van der Waals surface area contributed by atoms with Crippen LogP contribution < -0.4 is 5.73 Å². The van der Waals surface area contributed by atoms with Crippen LogP contribution in [0.1, 0.15) is 0 Å². The molecule has 0 amide bonds. The second kappa shape index (κ2) is 4.29. The molecule has 0 aliphatic rings. The Morgan fingerprint density at radius 2 is 2.00 bits per heavy atom. The van der Waals surface area contributed by atoms with E-state index < -0.39 is 0 Å². The van der Waals surface area contributed by atoms with Gasteiger partial charge in [-0.3, -0.25) is 10.1 Å². The number of H-pyrrole nitrogens is 1. The molecular formula is C13H11N5. The zero-order valence-electron chi connectivity index (χ0n) is 9.54. The number of benzene rings is 1. The van der Waals surface area contributed by atoms with Crippen molar-refractivity contribution >= 4 is 5.69 Å². The first-order chi connectivity index (χ1) is 8.83. The van der Waals surface area contributed by atoms with Crippen molar-refractivity contribution in [2.75, 3.05) is 5.73 Å². The lowest BCUT2D eigenvalue weighted by atomic mass is 10.2. The number of nitrogen functional groups attached to an aromatic ring is 1. The smallest absolute Gasteiger partial charge is 0.181 e. The largest absolute Gasteiger partial charge is 0.399 e. The molecule has 3 aromatic rings. The Morgan fingerprint density at radius 1 is 1.06 bits per heavy atom. The Balaban J connectivity index is 2.00. The maximum Gasteiger partial charge on any atom is 0.181 e. The highest BCUT2D eigenvalue weighted by atomic mass is 15.2. The van der Waals surface area contributed by atoms with Gasteiger partial charge < -0.3 is 5.73 Å². The SMILES string of the molecule is Nc1cccc(-c2n[nH]c(-c3ccccn3)n2)c1. The molecule has 3 rings (SSSR count). The Kier molecular flexibility index (Phi) is 2.49. The van der Waals surface area contributed by atoms with Crippen LogP contribution in [0.3, 0.4) is 0 Å². The van der Waals surface area contributed by atoms with E-state index >= 15 is 0 Å². The van der Waals surface area contributed by atoms with Crippen LogP contribution in [-0.2, 0) is 0 Å². The summed E-state index contributed by atoms with van der Waals surface area (Å²) in [6, 6.07) is 13.1. The molecule has 0 unspecified atom stereocenters. The standard InChI is InChI=1S/C13H11N5/c14-10-5-3-4-9(8-10)12-16-13(18-17-12)11-6-1-2-7-15-11/h1-8H,14H2,(H,16,17,18). The second-order valence-electron chi connectivity index (χ2n) is 3.85. The fourth-order valence-corrected chi connectivity index (χ4v) is 1.69. The van der Waals surface area contributed by atoms with Crippen molar-refractivity contribution in [1.82, 2.24) is 20.2 Å². The molecule has 0 radical (unpaired) electrons. The minimum Gasteiger partial charge on any atom is -0.399 e. The van der Waals surface area contributed by atoms with E-state index in [-0.39, 0.29) is 0 Å². The summed E-state index contributed by atoms with van der Waals surface area (Å²) in [7, 11) is 0. The molecule has 3 N–H and O–H groups in total. The summed E-state index contributed by atoms with van der Waals surface area (Å²) in [6.45, 7) is 0. The van der Waals surface area contributed by atoms with Gasteiger partial charge in [0.25, 0.3) is 0 Å². The molecule has 0 bridgehead atoms. The average Bonchev–Trinajstić information content (AvgIpc) is 2.89. The van der Waals surface area contributed by atoms with Gasteiger partial charge in [-0.1, -0.05) is 18.2 Å². The van der Waals surface area contributed by atoms with Crippen LogP contribution in [0.15, 0.2) is 48.7 Å². The molecule has 0 aliphatic heterocycles. The van der Waals surface area contributed by atoms with Gasteiger partial charge in [-0.2, -0.15) is 5.10 Å². The summed E-state index contributed by atoms with van der Waals surface area (Å²) < 4.78 is 0. The Bertz CT molecular complexity index is 660. The van der Waals surface area contributed by atoms with Gasteiger partial charge in [0, 0.05) is 17.4 Å². The minimum atomic E-state index is 0.614. The van der Waals surface area contributed by atoms with Gasteiger partial charge >= 0.3 is 0 Å². The molecule has 2 heterocycles. The summed E-state index contributed by atoms with van der Waals surface area (Å²) in [6.07, 6.45) is 1.72. The first-order valence-corrected chi connectivity index (χ1v) is 5.52. The lowest BCUT2D eigenvalue weighted by Crippen LogP contribution is -1.86. The highest BCUT2D eigenvalue weighted by Gasteiger charge is 2.08. The number of aromatic amines is 1. The Hall–Kier alpha value is -2.69. The van der Waals surface area contributed by atoms with Crippen LogP contribution in [0.4, 0.5) is 5.69 Å². The number of nitrogens with one attached hydrogen (secondary N) is 1. The van der Waals surface area contributed by atoms with Crippen molar-refractivity contribution in [3.05, 3.63) is 48.7 Å². The third-order valence-corrected chi connectivity index (χ3v) is 2.54. The quantitative estimate of drug-likeness (QED) is 0.669. The number of rotatable bonds is 2. The zero-order valence-corrected chi connectivity index (χ0v) is 9.54. The van der Waals surface area contributed by atoms with Gasteiger partial charge in [-0.05, 0) is 24.3 Å². The van der Waals surface area contributed by atoms with Crippen molar-refractivity contribution in [3.8, 4) is 22.9 Å². The molecule has 88 valence electrons. The molecule has 5 nitrogen and oxygen atoms in total. The minimum absolute atomic E-state index is 0.614. The van der Waals surface area contributed by atoms with E-state index in [1.165, 1.54) is 0 Å². The third kappa shape index (κ3) is 1.93. The summed E-state index contributed by atoms with van der Waals surface area (Å²) in [5, 5.41) is 7.05. The van der Waals surface area contributed by atoms with Gasteiger partial charge in [0.1, 0.15) is 5.69 Å². The highest BCUT2D eigenvalue weighted by molar-refractivity contribution is 5.62. The predicted octanol–water partition coefficient (Wildman–Crippen LogP) is 2.12. The highest BCUT2D eigenvalue weighted by Crippen LogP contribution is 2.20. The summed E-state index contributed by atoms with van der Waals surface area (Å²) in [5.74, 6) is 1.26. The van der Waals surface area contributed by atoms with Gasteiger partial charge in [-0.15, -0.1) is 0 Å². The molecule has 0 saturated carbocycles. The molecule has 18 heavy (non-hydrogen) atoms. The summed E-state index contributed by atoms with van der Waals surface area (Å²) >= 11 is 0. The number of nitrogens with zero attached hydrogens (tertiary/aromatic N) is 3. The van der Waals surface area contributed by atoms with E-state index in [0.717, 1.165) is 11.3 Å². The summed E-state index contributed by atoms with van der Waals surface area (Å²) in [4.78, 5) is 8.62. The molecule has 2 aromatic heterocycles. The topological polar surface area (TPSA) is 80.5 Å². The van der Waals surface area contributed by atoms with Crippen molar-refractivity contribution in [2.45, 2.75) is 0 Å². The predicted molar refractivity (Wildman–Crippen MR) is 69.5 cm³/mol. The maximum absolute atomic E-state index is 5.74. The van der Waals surface area contributed by atoms with Gasteiger partial charge in [0.05, 0.1) is 0 Å². The number of aromatic nitrogens is 4. The number of nitrogens with two attached hydrogens (primary N) is 1. The number of hydrogen-bond donors (Lipinski definition) is 2. The van der Waals surface area contributed by atoms with E-state index in [1.54, 1.807) is 6.20 Å². The fraction of sp³-hybridized carbons (Fsp3) is 0. The zero-order chi connectivity index (χ0) is 12.4. The molecule has 0 fully saturated rings. The van der Waals surface area contributed by atoms with Crippen molar-refractivity contribution < 1.29 is 0 Å². The van der Waals surface area contributed by atoms with Crippen LogP contribution in [0, 0.1) is 0 Å². The second-order valence-corrected chi connectivity index (χ2v) is 3.85. The van der Waals surface area contributed by atoms with Crippen LogP contribution in [0.25, 0.3) is 22.9 Å². The normalized spacial score (nSPS) is 10.4. The molecule has 1 aromatic carbocycles. The van der Waals surface area contributed by atoms with Gasteiger partial charge in [-0.25, -0.2) is 4.98 Å². The lowest BCUT2D eigenvalue weighted by molar-refractivity contribution is 1.09. The van der Waals surface area contributed by atoms with E-state index in [0.29, 0.717) is 17.3 Å². The third-order valence-electron chi connectivity index (χ3n) is 2.54. The summed E-state index contributed by atoms with van der Waals surface area (Å²) in [5.41, 5.74) is 8.07. The monoisotopic (exact) mass is 237 g/mol. The fourth-order valence-electron chi connectivity index (χ4n) is 1.69. The van der Waals surface area contributed by atoms with Crippen LogP contribution in [0.5, 0.6) is 0 Å². The van der Waals surface area contributed by atoms with Gasteiger partial charge in [0.15, 0.2) is 11.6 Å². The van der Waals surface area contributed by atoms with Crippen LogP contribution in [0.2, 0.25) is 0 Å². The first kappa shape index (κ1) is 10.5. The van der Waals surface area contributed by atoms with Crippen molar-refractivity contribution in [3.63, 3.8) is 0 Å². The molecular weight excluding hydrogens is 226 g/mol. The van der Waals surface area contributed by atoms with Crippen molar-refractivity contribution in [2.24, 2.45) is 0 Å². The van der Waals surface area contributed by atoms with E-state index in [2.05, 4.69) is 20.2 Å². The lowest BCUT2D eigenvalue weighted by Gasteiger charge is -1.96. The van der Waals surface area contributed by atoms with E-state index in [1.807, 2.05) is 42.5 Å².